The lowest BCUT2D eigenvalue weighted by Crippen LogP contribution is -2.23. The van der Waals surface area contributed by atoms with Gasteiger partial charge in [0.25, 0.3) is 10.0 Å². The Morgan fingerprint density at radius 3 is 2.67 bits per heavy atom. The van der Waals surface area contributed by atoms with Gasteiger partial charge in [0.2, 0.25) is 0 Å². The Balaban J connectivity index is 1.66. The van der Waals surface area contributed by atoms with Crippen LogP contribution in [0.4, 0.5) is 8.78 Å². The van der Waals surface area contributed by atoms with Crippen molar-refractivity contribution in [1.82, 2.24) is 18.8 Å². The molecule has 0 fully saturated rings. The number of sulfonamides is 1. The molecule has 0 aliphatic heterocycles. The summed E-state index contributed by atoms with van der Waals surface area (Å²) in [5, 5.41) is 3.92. The fraction of sp³-hybridized carbons (Fsp3) is 0.0500. The van der Waals surface area contributed by atoms with Crippen LogP contribution in [0.1, 0.15) is 5.69 Å². The number of hydrogen-bond donors (Lipinski definition) is 0. The van der Waals surface area contributed by atoms with Crippen molar-refractivity contribution in [3.63, 3.8) is 0 Å². The predicted octanol–water partition coefficient (Wildman–Crippen LogP) is 3.33. The van der Waals surface area contributed by atoms with Gasteiger partial charge in [-0.2, -0.15) is 17.9 Å². The van der Waals surface area contributed by atoms with Gasteiger partial charge in [-0.15, -0.1) is 0 Å². The van der Waals surface area contributed by atoms with Crippen molar-refractivity contribution < 1.29 is 17.2 Å². The Bertz CT molecular complexity index is 1350. The maximum absolute atomic E-state index is 13.9. The number of pyridine rings is 2. The number of halogens is 2. The molecule has 0 bridgehead atoms. The first-order valence-corrected chi connectivity index (χ1v) is 10.2. The molecule has 30 heavy (non-hydrogen) atoms. The summed E-state index contributed by atoms with van der Waals surface area (Å²) in [5.41, 5.74) is 2.94. The van der Waals surface area contributed by atoms with Crippen molar-refractivity contribution in [2.45, 2.75) is 4.90 Å². The summed E-state index contributed by atoms with van der Waals surface area (Å²) in [7, 11) is -3.12. The largest absolute Gasteiger partial charge is 0.298 e. The number of fused-ring (bicyclic) bond motifs is 1. The summed E-state index contributed by atoms with van der Waals surface area (Å²) in [5.74, 6) is -2.05. The molecule has 0 N–H and O–H groups in total. The number of rotatable bonds is 5. The Labute approximate surface area is 171 Å². The minimum absolute atomic E-state index is 0.509. The molecule has 152 valence electrons. The summed E-state index contributed by atoms with van der Waals surface area (Å²) in [6.07, 6.45) is 8.06. The maximum atomic E-state index is 13.9. The molecule has 0 aliphatic carbocycles. The summed E-state index contributed by atoms with van der Waals surface area (Å²) >= 11 is 0. The monoisotopic (exact) mass is 427 g/mol. The van der Waals surface area contributed by atoms with E-state index in [4.69, 9.17) is 0 Å². The van der Waals surface area contributed by atoms with Crippen molar-refractivity contribution in [2.75, 3.05) is 7.05 Å². The van der Waals surface area contributed by atoms with E-state index in [0.29, 0.717) is 21.8 Å². The van der Waals surface area contributed by atoms with E-state index >= 15 is 0 Å². The second-order valence-corrected chi connectivity index (χ2v) is 8.25. The van der Waals surface area contributed by atoms with E-state index in [9.17, 15) is 17.2 Å². The van der Waals surface area contributed by atoms with Crippen LogP contribution >= 0.6 is 0 Å². The number of benzene rings is 1. The molecule has 3 heterocycles. The van der Waals surface area contributed by atoms with E-state index in [1.54, 1.807) is 16.8 Å². The van der Waals surface area contributed by atoms with Crippen LogP contribution in [0.5, 0.6) is 0 Å². The molecule has 0 saturated carbocycles. The molecule has 0 aliphatic rings. The van der Waals surface area contributed by atoms with Gasteiger partial charge in [0, 0.05) is 42.8 Å². The number of imidazole rings is 1. The second kappa shape index (κ2) is 7.64. The van der Waals surface area contributed by atoms with Gasteiger partial charge < -0.3 is 0 Å². The highest BCUT2D eigenvalue weighted by Gasteiger charge is 2.24. The molecule has 1 aromatic carbocycles. The lowest BCUT2D eigenvalue weighted by Gasteiger charge is -2.14. The Morgan fingerprint density at radius 1 is 1.10 bits per heavy atom. The Kier molecular flexibility index (Phi) is 5.00. The molecule has 0 spiro atoms. The van der Waals surface area contributed by atoms with Crippen LogP contribution in [0.3, 0.4) is 0 Å². The quantitative estimate of drug-likeness (QED) is 0.362. The zero-order valence-corrected chi connectivity index (χ0v) is 16.5. The molecule has 4 rings (SSSR count). The fourth-order valence-electron chi connectivity index (χ4n) is 2.83. The van der Waals surface area contributed by atoms with Crippen molar-refractivity contribution in [1.29, 1.82) is 0 Å². The third-order valence-electron chi connectivity index (χ3n) is 4.40. The smallest absolute Gasteiger partial charge is 0.281 e. The highest BCUT2D eigenvalue weighted by Crippen LogP contribution is 2.21. The van der Waals surface area contributed by atoms with Crippen molar-refractivity contribution in [3.05, 3.63) is 84.6 Å². The van der Waals surface area contributed by atoms with E-state index in [0.717, 1.165) is 23.3 Å². The number of nitrogens with zero attached hydrogens (tertiary/aromatic N) is 5. The van der Waals surface area contributed by atoms with E-state index < -0.39 is 26.6 Å². The predicted molar refractivity (Wildman–Crippen MR) is 107 cm³/mol. The highest BCUT2D eigenvalue weighted by molar-refractivity contribution is 7.89. The Hall–Kier alpha value is -3.66. The zero-order chi connectivity index (χ0) is 21.3. The molecule has 0 saturated heterocycles. The lowest BCUT2D eigenvalue weighted by molar-refractivity contribution is 0.479. The van der Waals surface area contributed by atoms with Gasteiger partial charge in [-0.1, -0.05) is 6.07 Å². The molecule has 0 unspecified atom stereocenters. The SMILES string of the molecule is CN(/N=C/c1cnc2ccc(-c3cccnc3)cn12)S(=O)(=O)c1ccc(F)cc1F. The van der Waals surface area contributed by atoms with Gasteiger partial charge in [-0.05, 0) is 30.3 Å². The normalized spacial score (nSPS) is 12.0. The van der Waals surface area contributed by atoms with Crippen molar-refractivity contribution in [3.8, 4) is 11.1 Å². The van der Waals surface area contributed by atoms with Gasteiger partial charge in [-0.25, -0.2) is 13.8 Å². The van der Waals surface area contributed by atoms with Gasteiger partial charge in [0.05, 0.1) is 18.1 Å². The first-order valence-electron chi connectivity index (χ1n) is 8.72. The van der Waals surface area contributed by atoms with Crippen LogP contribution in [0.15, 0.2) is 77.2 Å². The van der Waals surface area contributed by atoms with Gasteiger partial charge in [-0.3, -0.25) is 9.38 Å². The minimum atomic E-state index is -4.29. The second-order valence-electron chi connectivity index (χ2n) is 6.33. The van der Waals surface area contributed by atoms with Gasteiger partial charge in [0.15, 0.2) is 0 Å². The molecule has 7 nitrogen and oxygen atoms in total. The Morgan fingerprint density at radius 2 is 1.93 bits per heavy atom. The molecule has 4 aromatic rings. The molecule has 3 aromatic heterocycles. The standard InChI is InChI=1S/C20H15F2N5O2S/c1-26(30(28,29)19-6-5-16(21)9-18(19)22)25-12-17-11-24-20-7-4-15(13-27(17)20)14-3-2-8-23-10-14/h2-13H,1H3/b25-12+. The lowest BCUT2D eigenvalue weighted by atomic mass is 10.1. The molecule has 0 atom stereocenters. The van der Waals surface area contributed by atoms with Gasteiger partial charge in [0.1, 0.15) is 22.2 Å². The number of hydrazone groups is 1. The zero-order valence-electron chi connectivity index (χ0n) is 15.6. The molecular formula is C20H15F2N5O2S. The molecule has 0 amide bonds. The minimum Gasteiger partial charge on any atom is -0.298 e. The molecule has 10 heteroatoms. The van der Waals surface area contributed by atoms with Crippen LogP contribution in [-0.4, -0.2) is 40.5 Å². The first kappa shape index (κ1) is 19.6. The first-order chi connectivity index (χ1) is 14.4. The maximum Gasteiger partial charge on any atom is 0.281 e. The van der Waals surface area contributed by atoms with Crippen LogP contribution in [0, 0.1) is 11.6 Å². The highest BCUT2D eigenvalue weighted by atomic mass is 32.2. The summed E-state index contributed by atoms with van der Waals surface area (Å²) in [6.45, 7) is 0. The van der Waals surface area contributed by atoms with Crippen LogP contribution < -0.4 is 0 Å². The topological polar surface area (TPSA) is 79.9 Å². The average molecular weight is 427 g/mol. The number of hydrogen-bond acceptors (Lipinski definition) is 5. The van der Waals surface area contributed by atoms with Crippen molar-refractivity contribution >= 4 is 21.9 Å². The van der Waals surface area contributed by atoms with E-state index in [1.165, 1.54) is 19.5 Å². The summed E-state index contributed by atoms with van der Waals surface area (Å²) in [6, 6.07) is 9.69. The van der Waals surface area contributed by atoms with Gasteiger partial charge >= 0.3 is 0 Å². The third kappa shape index (κ3) is 3.64. The van der Waals surface area contributed by atoms with Crippen LogP contribution in [-0.2, 0) is 10.0 Å². The fourth-order valence-corrected chi connectivity index (χ4v) is 3.83. The average Bonchev–Trinajstić information content (AvgIpc) is 3.14. The van der Waals surface area contributed by atoms with E-state index in [1.807, 2.05) is 30.5 Å². The molecule has 0 radical (unpaired) electrons. The van der Waals surface area contributed by atoms with E-state index in [-0.39, 0.29) is 0 Å². The summed E-state index contributed by atoms with van der Waals surface area (Å²) in [4.78, 5) is 7.70. The van der Waals surface area contributed by atoms with Crippen LogP contribution in [0.2, 0.25) is 0 Å². The summed E-state index contributed by atoms with van der Waals surface area (Å²) < 4.78 is 54.5. The third-order valence-corrected chi connectivity index (χ3v) is 6.08. The number of aromatic nitrogens is 3. The van der Waals surface area contributed by atoms with E-state index in [2.05, 4.69) is 15.1 Å². The molecular weight excluding hydrogens is 412 g/mol. The van der Waals surface area contributed by atoms with Crippen LogP contribution in [0.25, 0.3) is 16.8 Å². The van der Waals surface area contributed by atoms with Crippen molar-refractivity contribution in [2.24, 2.45) is 5.10 Å².